The Morgan fingerprint density at radius 2 is 1.86 bits per heavy atom. The van der Waals surface area contributed by atoms with Gasteiger partial charge in [-0.25, -0.2) is 4.79 Å². The molecule has 1 heterocycles. The van der Waals surface area contributed by atoms with E-state index in [1.807, 2.05) is 0 Å². The molecule has 2 atom stereocenters. The first-order valence-electron chi connectivity index (χ1n) is 12.7. The van der Waals surface area contributed by atoms with Crippen LogP contribution in [0.4, 0.5) is 4.79 Å². The Hall–Kier alpha value is -2.07. The number of nitrogens with one attached hydrogen (secondary N) is 2. The molecule has 1 aromatic carbocycles. The van der Waals surface area contributed by atoms with E-state index in [9.17, 15) is 19.5 Å². The van der Waals surface area contributed by atoms with E-state index >= 15 is 0 Å². The van der Waals surface area contributed by atoms with E-state index in [1.165, 1.54) is 48.8 Å². The van der Waals surface area contributed by atoms with Gasteiger partial charge < -0.3 is 20.5 Å². The molecule has 10 heteroatoms. The van der Waals surface area contributed by atoms with Crippen LogP contribution in [-0.2, 0) is 20.9 Å². The van der Waals surface area contributed by atoms with Gasteiger partial charge in [-0.1, -0.05) is 31.4 Å². The van der Waals surface area contributed by atoms with Gasteiger partial charge in [-0.3, -0.25) is 14.5 Å². The Bertz CT molecular complexity index is 885. The van der Waals surface area contributed by atoms with Crippen molar-refractivity contribution in [1.82, 2.24) is 15.5 Å². The van der Waals surface area contributed by atoms with Gasteiger partial charge in [0.05, 0.1) is 0 Å². The minimum absolute atomic E-state index is 0.165. The number of ether oxygens (including phenoxy) is 1. The molecule has 0 aromatic heterocycles. The van der Waals surface area contributed by atoms with Crippen LogP contribution in [0.5, 0.6) is 5.75 Å². The summed E-state index contributed by atoms with van der Waals surface area (Å²) in [6, 6.07) is 5.92. The fourth-order valence-electron chi connectivity index (χ4n) is 4.25. The molecule has 3 N–H and O–H groups in total. The highest BCUT2D eigenvalue weighted by Gasteiger charge is 2.38. The molecule has 3 rings (SSSR count). The summed E-state index contributed by atoms with van der Waals surface area (Å²) < 4.78 is 5.47. The Kier molecular flexibility index (Phi) is 10.7. The summed E-state index contributed by atoms with van der Waals surface area (Å²) in [5.74, 6) is 2.27. The van der Waals surface area contributed by atoms with Crippen molar-refractivity contribution >= 4 is 41.4 Å². The first kappa shape index (κ1) is 28.5. The molecule has 0 bridgehead atoms. The third-order valence-corrected chi connectivity index (χ3v) is 8.62. The zero-order chi connectivity index (χ0) is 26.1. The van der Waals surface area contributed by atoms with Crippen LogP contribution in [0.3, 0.4) is 0 Å². The summed E-state index contributed by atoms with van der Waals surface area (Å²) in [5.41, 5.74) is 0.196. The smallest absolute Gasteiger partial charge is 0.411 e. The predicted octanol–water partition coefficient (Wildman–Crippen LogP) is 4.12. The molecular weight excluding hydrogens is 498 g/mol. The van der Waals surface area contributed by atoms with Crippen LogP contribution in [0.15, 0.2) is 24.3 Å². The summed E-state index contributed by atoms with van der Waals surface area (Å²) in [7, 11) is 0. The summed E-state index contributed by atoms with van der Waals surface area (Å²) in [5, 5.41) is 14.6. The second-order valence-electron chi connectivity index (χ2n) is 10.4. The van der Waals surface area contributed by atoms with Crippen LogP contribution in [0.1, 0.15) is 58.4 Å². The van der Waals surface area contributed by atoms with Crippen molar-refractivity contribution in [2.45, 2.75) is 76.4 Å². The lowest BCUT2D eigenvalue weighted by atomic mass is 9.91. The molecule has 2 aliphatic rings. The number of hydrogen-bond acceptors (Lipinski definition) is 7. The van der Waals surface area contributed by atoms with Gasteiger partial charge in [0.1, 0.15) is 17.4 Å². The maximum absolute atomic E-state index is 13.2. The molecule has 200 valence electrons. The maximum atomic E-state index is 13.2. The van der Waals surface area contributed by atoms with Gasteiger partial charge in [0.25, 0.3) is 5.91 Å². The quantitative estimate of drug-likeness (QED) is 0.435. The number of rotatable bonds is 9. The predicted molar refractivity (Wildman–Crippen MR) is 145 cm³/mol. The summed E-state index contributed by atoms with van der Waals surface area (Å²) in [6.07, 6.45) is 5.75. The van der Waals surface area contributed by atoms with Gasteiger partial charge >= 0.3 is 6.09 Å². The highest BCUT2D eigenvalue weighted by molar-refractivity contribution is 8.00. The van der Waals surface area contributed by atoms with E-state index in [0.717, 1.165) is 11.3 Å². The number of carbonyl (C=O) groups is 3. The summed E-state index contributed by atoms with van der Waals surface area (Å²) in [4.78, 5) is 40.4. The molecule has 0 spiro atoms. The molecule has 2 fully saturated rings. The van der Waals surface area contributed by atoms with Crippen molar-refractivity contribution in [1.29, 1.82) is 0 Å². The first-order valence-corrected chi connectivity index (χ1v) is 14.9. The average molecular weight is 538 g/mol. The topological polar surface area (TPSA) is 108 Å². The SMILES string of the molecule is CC(C)(C)OC(=O)N1CCSC1C(=O)NC(CSCC1CCCCC1)C(=O)NCc1ccc(O)cc1. The first-order chi connectivity index (χ1) is 17.1. The van der Waals surface area contributed by atoms with E-state index in [-0.39, 0.29) is 17.6 Å². The largest absolute Gasteiger partial charge is 0.508 e. The van der Waals surface area contributed by atoms with Crippen LogP contribution in [0, 0.1) is 5.92 Å². The number of carbonyl (C=O) groups excluding carboxylic acids is 3. The Labute approximate surface area is 222 Å². The minimum atomic E-state index is -0.726. The normalized spacial score (nSPS) is 19.5. The molecule has 1 saturated carbocycles. The molecule has 2 unspecified atom stereocenters. The number of phenolic OH excluding ortho intramolecular Hbond substituents is 1. The highest BCUT2D eigenvalue weighted by atomic mass is 32.2. The molecule has 8 nitrogen and oxygen atoms in total. The molecule has 1 saturated heterocycles. The third-order valence-electron chi connectivity index (χ3n) is 6.14. The number of aromatic hydroxyl groups is 1. The van der Waals surface area contributed by atoms with Crippen molar-refractivity contribution in [2.24, 2.45) is 5.92 Å². The van der Waals surface area contributed by atoms with Crippen molar-refractivity contribution in [3.05, 3.63) is 29.8 Å². The number of nitrogens with zero attached hydrogens (tertiary/aromatic N) is 1. The van der Waals surface area contributed by atoms with Crippen LogP contribution >= 0.6 is 23.5 Å². The van der Waals surface area contributed by atoms with Gasteiger partial charge in [-0.15, -0.1) is 11.8 Å². The lowest BCUT2D eigenvalue weighted by Gasteiger charge is -2.28. The molecule has 1 aromatic rings. The minimum Gasteiger partial charge on any atom is -0.508 e. The van der Waals surface area contributed by atoms with Gasteiger partial charge in [0.2, 0.25) is 5.91 Å². The average Bonchev–Trinajstić information content (AvgIpc) is 3.33. The van der Waals surface area contributed by atoms with Crippen molar-refractivity contribution in [3.63, 3.8) is 0 Å². The van der Waals surface area contributed by atoms with E-state index in [1.54, 1.807) is 56.8 Å². The van der Waals surface area contributed by atoms with Crippen molar-refractivity contribution in [2.75, 3.05) is 23.8 Å². The molecular formula is C26H39N3O5S2. The summed E-state index contributed by atoms with van der Waals surface area (Å²) >= 11 is 3.07. The number of amides is 3. The monoisotopic (exact) mass is 537 g/mol. The van der Waals surface area contributed by atoms with Gasteiger partial charge in [0.15, 0.2) is 5.37 Å². The second-order valence-corrected chi connectivity index (χ2v) is 12.6. The fourth-order valence-corrected chi connectivity index (χ4v) is 6.64. The standard InChI is InChI=1S/C26H39N3O5S2/c1-26(2,3)34-25(33)29-13-14-36-24(29)23(32)28-21(17-35-16-19-7-5-4-6-8-19)22(31)27-15-18-9-11-20(30)12-10-18/h9-12,19,21,24,30H,4-8,13-17H2,1-3H3,(H,27,31)(H,28,32). The van der Waals surface area contributed by atoms with Gasteiger partial charge in [0, 0.05) is 24.6 Å². The van der Waals surface area contributed by atoms with Crippen LogP contribution in [0.2, 0.25) is 0 Å². The van der Waals surface area contributed by atoms with Crippen LogP contribution in [0.25, 0.3) is 0 Å². The van der Waals surface area contributed by atoms with Gasteiger partial charge in [-0.05, 0) is 63.0 Å². The number of hydrogen-bond donors (Lipinski definition) is 3. The Balaban J connectivity index is 1.61. The zero-order valence-corrected chi connectivity index (χ0v) is 23.1. The molecule has 0 radical (unpaired) electrons. The number of benzene rings is 1. The van der Waals surface area contributed by atoms with E-state index in [0.29, 0.717) is 30.5 Å². The van der Waals surface area contributed by atoms with E-state index < -0.39 is 23.1 Å². The molecule has 1 aliphatic heterocycles. The second kappa shape index (κ2) is 13.5. The Morgan fingerprint density at radius 3 is 2.53 bits per heavy atom. The molecule has 3 amide bonds. The van der Waals surface area contributed by atoms with Gasteiger partial charge in [-0.2, -0.15) is 11.8 Å². The van der Waals surface area contributed by atoms with E-state index in [2.05, 4.69) is 10.6 Å². The lowest BCUT2D eigenvalue weighted by molar-refractivity contribution is -0.129. The van der Waals surface area contributed by atoms with Crippen LogP contribution < -0.4 is 10.6 Å². The lowest BCUT2D eigenvalue weighted by Crippen LogP contribution is -2.53. The van der Waals surface area contributed by atoms with E-state index in [4.69, 9.17) is 4.74 Å². The maximum Gasteiger partial charge on any atom is 0.411 e. The molecule has 36 heavy (non-hydrogen) atoms. The third kappa shape index (κ3) is 9.10. The zero-order valence-electron chi connectivity index (χ0n) is 21.5. The number of thioether (sulfide) groups is 2. The Morgan fingerprint density at radius 1 is 1.17 bits per heavy atom. The van der Waals surface area contributed by atoms with Crippen LogP contribution in [-0.4, -0.2) is 68.7 Å². The van der Waals surface area contributed by atoms with Crippen molar-refractivity contribution < 1.29 is 24.2 Å². The molecule has 1 aliphatic carbocycles. The fraction of sp³-hybridized carbons (Fsp3) is 0.654. The number of phenols is 1. The van der Waals surface area contributed by atoms with Crippen molar-refractivity contribution in [3.8, 4) is 5.75 Å². The highest BCUT2D eigenvalue weighted by Crippen LogP contribution is 2.28. The summed E-state index contributed by atoms with van der Waals surface area (Å²) in [6.45, 7) is 6.09.